The number of carbonyl (C=O) groups excluding carboxylic acids is 1. The number of rotatable bonds is 0. The van der Waals surface area contributed by atoms with Crippen LogP contribution in [0.25, 0.3) is 0 Å². The third-order valence-corrected chi connectivity index (χ3v) is 3.57. The van der Waals surface area contributed by atoms with Crippen LogP contribution in [0.2, 0.25) is 0 Å². The maximum Gasteiger partial charge on any atom is 0.141 e. The predicted octanol–water partition coefficient (Wildman–Crippen LogP) is 1.66. The number of aliphatic hydroxyl groups excluding tert-OH is 1. The minimum atomic E-state index is -0.332. The topological polar surface area (TPSA) is 37.3 Å². The van der Waals surface area contributed by atoms with Crippen LogP contribution in [-0.2, 0) is 4.79 Å². The third kappa shape index (κ3) is 1.01. The molecule has 0 radical (unpaired) electrons. The molecule has 2 heteroatoms. The van der Waals surface area contributed by atoms with Gasteiger partial charge in [-0.15, -0.1) is 0 Å². The van der Waals surface area contributed by atoms with E-state index in [9.17, 15) is 9.90 Å². The molecule has 0 aromatic rings. The second kappa shape index (κ2) is 2.84. The van der Waals surface area contributed by atoms with Gasteiger partial charge in [0.2, 0.25) is 0 Å². The van der Waals surface area contributed by atoms with E-state index in [1.54, 1.807) is 0 Å². The van der Waals surface area contributed by atoms with E-state index in [-0.39, 0.29) is 11.5 Å². The van der Waals surface area contributed by atoms with E-state index in [1.165, 1.54) is 0 Å². The first kappa shape index (κ1) is 8.24. The summed E-state index contributed by atoms with van der Waals surface area (Å²) in [4.78, 5) is 11.6. The fourth-order valence-corrected chi connectivity index (χ4v) is 2.79. The molecule has 12 heavy (non-hydrogen) atoms. The SMILES string of the molecule is O=C1CCCC12CCCCC2O. The Bertz CT molecular complexity index is 200. The Hall–Kier alpha value is -0.370. The molecule has 0 aromatic carbocycles. The maximum atomic E-state index is 11.6. The van der Waals surface area contributed by atoms with Crippen LogP contribution < -0.4 is 0 Å². The van der Waals surface area contributed by atoms with E-state index in [4.69, 9.17) is 0 Å². The van der Waals surface area contributed by atoms with Gasteiger partial charge in [-0.3, -0.25) is 4.79 Å². The molecule has 2 aliphatic carbocycles. The van der Waals surface area contributed by atoms with Crippen molar-refractivity contribution < 1.29 is 9.90 Å². The van der Waals surface area contributed by atoms with Crippen LogP contribution >= 0.6 is 0 Å². The minimum Gasteiger partial charge on any atom is -0.392 e. The van der Waals surface area contributed by atoms with Crippen molar-refractivity contribution in [3.63, 3.8) is 0 Å². The van der Waals surface area contributed by atoms with Gasteiger partial charge in [0.1, 0.15) is 5.78 Å². The van der Waals surface area contributed by atoms with Gasteiger partial charge in [0, 0.05) is 6.42 Å². The molecule has 1 spiro atoms. The second-order valence-electron chi connectivity index (χ2n) is 4.19. The van der Waals surface area contributed by atoms with Gasteiger partial charge in [-0.05, 0) is 25.7 Å². The highest BCUT2D eigenvalue weighted by molar-refractivity contribution is 5.87. The Kier molecular flexibility index (Phi) is 1.95. The number of hydrogen-bond acceptors (Lipinski definition) is 2. The van der Waals surface area contributed by atoms with Crippen molar-refractivity contribution in [3.05, 3.63) is 0 Å². The van der Waals surface area contributed by atoms with Crippen molar-refractivity contribution in [1.82, 2.24) is 0 Å². The highest BCUT2D eigenvalue weighted by Gasteiger charge is 2.48. The van der Waals surface area contributed by atoms with Crippen LogP contribution in [0.4, 0.5) is 0 Å². The highest BCUT2D eigenvalue weighted by Crippen LogP contribution is 2.46. The molecule has 2 atom stereocenters. The summed E-state index contributed by atoms with van der Waals surface area (Å²) in [5, 5.41) is 9.81. The summed E-state index contributed by atoms with van der Waals surface area (Å²) in [6.07, 6.45) is 6.30. The quantitative estimate of drug-likeness (QED) is 0.597. The lowest BCUT2D eigenvalue weighted by Crippen LogP contribution is -2.41. The van der Waals surface area contributed by atoms with Crippen molar-refractivity contribution in [2.45, 2.75) is 51.0 Å². The first-order chi connectivity index (χ1) is 5.76. The largest absolute Gasteiger partial charge is 0.392 e. The standard InChI is InChI=1S/C10H16O2/c11-8-4-1-2-6-10(8)7-3-5-9(10)12/h8,11H,1-7H2. The second-order valence-corrected chi connectivity index (χ2v) is 4.19. The fourth-order valence-electron chi connectivity index (χ4n) is 2.79. The van der Waals surface area contributed by atoms with E-state index < -0.39 is 0 Å². The monoisotopic (exact) mass is 168 g/mol. The zero-order chi connectivity index (χ0) is 8.60. The summed E-state index contributed by atoms with van der Waals surface area (Å²) in [5.74, 6) is 0.328. The molecule has 0 aliphatic heterocycles. The van der Waals surface area contributed by atoms with Gasteiger partial charge in [-0.2, -0.15) is 0 Å². The highest BCUT2D eigenvalue weighted by atomic mass is 16.3. The van der Waals surface area contributed by atoms with Crippen LogP contribution in [0.5, 0.6) is 0 Å². The molecule has 2 saturated carbocycles. The first-order valence-electron chi connectivity index (χ1n) is 4.97. The van der Waals surface area contributed by atoms with Gasteiger partial charge in [-0.25, -0.2) is 0 Å². The van der Waals surface area contributed by atoms with Gasteiger partial charge in [-0.1, -0.05) is 12.8 Å². The summed E-state index contributed by atoms with van der Waals surface area (Å²) in [7, 11) is 0. The zero-order valence-electron chi connectivity index (χ0n) is 7.38. The molecule has 0 aromatic heterocycles. The predicted molar refractivity (Wildman–Crippen MR) is 45.8 cm³/mol. The fraction of sp³-hybridized carbons (Fsp3) is 0.900. The summed E-state index contributed by atoms with van der Waals surface area (Å²) in [6.45, 7) is 0. The number of hydrogen-bond donors (Lipinski definition) is 1. The molecular weight excluding hydrogens is 152 g/mol. The van der Waals surface area contributed by atoms with Gasteiger partial charge in [0.15, 0.2) is 0 Å². The lowest BCUT2D eigenvalue weighted by atomic mass is 9.70. The van der Waals surface area contributed by atoms with E-state index in [2.05, 4.69) is 0 Å². The summed E-state index contributed by atoms with van der Waals surface area (Å²) in [5.41, 5.74) is -0.293. The van der Waals surface area contributed by atoms with Gasteiger partial charge in [0.05, 0.1) is 11.5 Å². The van der Waals surface area contributed by atoms with E-state index in [0.717, 1.165) is 38.5 Å². The number of ketones is 1. The molecule has 0 amide bonds. The molecule has 0 saturated heterocycles. The molecular formula is C10H16O2. The molecule has 0 heterocycles. The van der Waals surface area contributed by atoms with Gasteiger partial charge in [0.25, 0.3) is 0 Å². The average Bonchev–Trinajstić information content (AvgIpc) is 2.41. The third-order valence-electron chi connectivity index (χ3n) is 3.57. The summed E-state index contributed by atoms with van der Waals surface area (Å²) >= 11 is 0. The van der Waals surface area contributed by atoms with Crippen molar-refractivity contribution in [2.75, 3.05) is 0 Å². The first-order valence-corrected chi connectivity index (χ1v) is 4.97. The average molecular weight is 168 g/mol. The Labute approximate surface area is 73.0 Å². The van der Waals surface area contributed by atoms with Crippen molar-refractivity contribution in [1.29, 1.82) is 0 Å². The number of Topliss-reactive ketones (excluding diaryl/α,β-unsaturated/α-hetero) is 1. The molecule has 2 nitrogen and oxygen atoms in total. The van der Waals surface area contributed by atoms with Crippen LogP contribution in [0, 0.1) is 5.41 Å². The van der Waals surface area contributed by atoms with E-state index >= 15 is 0 Å². The normalized spacial score (nSPS) is 42.4. The van der Waals surface area contributed by atoms with Crippen LogP contribution in [0.1, 0.15) is 44.9 Å². The molecule has 2 unspecified atom stereocenters. The maximum absolute atomic E-state index is 11.6. The molecule has 2 aliphatic rings. The minimum absolute atomic E-state index is 0.293. The zero-order valence-corrected chi connectivity index (χ0v) is 7.38. The van der Waals surface area contributed by atoms with Crippen molar-refractivity contribution in [2.24, 2.45) is 5.41 Å². The molecule has 0 bridgehead atoms. The van der Waals surface area contributed by atoms with Crippen LogP contribution in [0.3, 0.4) is 0 Å². The van der Waals surface area contributed by atoms with Crippen LogP contribution in [-0.4, -0.2) is 17.0 Å². The Balaban J connectivity index is 2.21. The van der Waals surface area contributed by atoms with E-state index in [1.807, 2.05) is 0 Å². The van der Waals surface area contributed by atoms with Crippen LogP contribution in [0.15, 0.2) is 0 Å². The van der Waals surface area contributed by atoms with Crippen molar-refractivity contribution >= 4 is 5.78 Å². The van der Waals surface area contributed by atoms with Gasteiger partial charge >= 0.3 is 0 Å². The van der Waals surface area contributed by atoms with Gasteiger partial charge < -0.3 is 5.11 Å². The molecule has 68 valence electrons. The van der Waals surface area contributed by atoms with E-state index in [0.29, 0.717) is 12.2 Å². The molecule has 2 fully saturated rings. The molecule has 1 N–H and O–H groups in total. The molecule has 2 rings (SSSR count). The Morgan fingerprint density at radius 1 is 1.25 bits per heavy atom. The van der Waals surface area contributed by atoms with Crippen molar-refractivity contribution in [3.8, 4) is 0 Å². The Morgan fingerprint density at radius 3 is 2.58 bits per heavy atom. The summed E-state index contributed by atoms with van der Waals surface area (Å²) in [6, 6.07) is 0. The summed E-state index contributed by atoms with van der Waals surface area (Å²) < 4.78 is 0. The Morgan fingerprint density at radius 2 is 2.00 bits per heavy atom. The number of carbonyl (C=O) groups is 1. The number of aliphatic hydroxyl groups is 1. The lowest BCUT2D eigenvalue weighted by molar-refractivity contribution is -0.134. The smallest absolute Gasteiger partial charge is 0.141 e. The lowest BCUT2D eigenvalue weighted by Gasteiger charge is -2.36.